The SMILES string of the molecule is Cc1cnnc(Cc2ccc(F)c(C(=O)N3CCN(c4ccccc4)C(=O)C3)c2)c1C. The van der Waals surface area contributed by atoms with Gasteiger partial charge in [-0.05, 0) is 54.8 Å². The van der Waals surface area contributed by atoms with Crippen LogP contribution in [0, 0.1) is 19.7 Å². The van der Waals surface area contributed by atoms with E-state index in [1.165, 1.54) is 11.0 Å². The van der Waals surface area contributed by atoms with Crippen LogP contribution in [-0.4, -0.2) is 46.5 Å². The molecule has 1 fully saturated rings. The Bertz CT molecular complexity index is 1130. The maximum absolute atomic E-state index is 14.5. The molecule has 1 saturated heterocycles. The third kappa shape index (κ3) is 4.30. The molecule has 31 heavy (non-hydrogen) atoms. The first-order valence-corrected chi connectivity index (χ1v) is 10.1. The van der Waals surface area contributed by atoms with Gasteiger partial charge in [0.2, 0.25) is 5.91 Å². The van der Waals surface area contributed by atoms with Gasteiger partial charge in [0.15, 0.2) is 0 Å². The summed E-state index contributed by atoms with van der Waals surface area (Å²) in [6.07, 6.45) is 2.15. The van der Waals surface area contributed by atoms with Crippen molar-refractivity contribution in [2.75, 3.05) is 24.5 Å². The van der Waals surface area contributed by atoms with Crippen molar-refractivity contribution in [2.24, 2.45) is 0 Å². The van der Waals surface area contributed by atoms with Crippen LogP contribution in [0.4, 0.5) is 10.1 Å². The van der Waals surface area contributed by atoms with Crippen molar-refractivity contribution in [3.63, 3.8) is 0 Å². The summed E-state index contributed by atoms with van der Waals surface area (Å²) in [5.74, 6) is -1.26. The Morgan fingerprint density at radius 2 is 1.87 bits per heavy atom. The van der Waals surface area contributed by atoms with Gasteiger partial charge in [0.25, 0.3) is 5.91 Å². The van der Waals surface area contributed by atoms with Crippen molar-refractivity contribution in [1.29, 1.82) is 0 Å². The number of benzene rings is 2. The van der Waals surface area contributed by atoms with Crippen molar-refractivity contribution < 1.29 is 14.0 Å². The number of carbonyl (C=O) groups excluding carboxylic acids is 2. The molecule has 6 nitrogen and oxygen atoms in total. The monoisotopic (exact) mass is 418 g/mol. The van der Waals surface area contributed by atoms with E-state index < -0.39 is 11.7 Å². The number of carbonyl (C=O) groups is 2. The molecular weight excluding hydrogens is 395 g/mol. The fourth-order valence-corrected chi connectivity index (χ4v) is 3.69. The molecule has 1 aromatic heterocycles. The molecule has 2 amide bonds. The number of anilines is 1. The fraction of sp³-hybridized carbons (Fsp3) is 0.250. The highest BCUT2D eigenvalue weighted by molar-refractivity contribution is 6.01. The summed E-state index contributed by atoms with van der Waals surface area (Å²) >= 11 is 0. The van der Waals surface area contributed by atoms with Crippen molar-refractivity contribution >= 4 is 17.5 Å². The second kappa shape index (κ2) is 8.63. The van der Waals surface area contributed by atoms with Crippen LogP contribution in [0.3, 0.4) is 0 Å². The first-order chi connectivity index (χ1) is 14.9. The van der Waals surface area contributed by atoms with Gasteiger partial charge in [0, 0.05) is 25.2 Å². The second-order valence-electron chi connectivity index (χ2n) is 7.70. The smallest absolute Gasteiger partial charge is 0.257 e. The van der Waals surface area contributed by atoms with Gasteiger partial charge in [-0.15, -0.1) is 0 Å². The van der Waals surface area contributed by atoms with Crippen LogP contribution in [-0.2, 0) is 11.2 Å². The van der Waals surface area contributed by atoms with Crippen LogP contribution < -0.4 is 4.90 Å². The average molecular weight is 418 g/mol. The number of halogens is 1. The predicted octanol–water partition coefficient (Wildman–Crippen LogP) is 3.31. The van der Waals surface area contributed by atoms with E-state index in [1.54, 1.807) is 23.2 Å². The molecule has 4 rings (SSSR count). The van der Waals surface area contributed by atoms with E-state index in [0.29, 0.717) is 19.5 Å². The summed E-state index contributed by atoms with van der Waals surface area (Å²) in [6.45, 7) is 4.55. The van der Waals surface area contributed by atoms with Crippen LogP contribution in [0.5, 0.6) is 0 Å². The van der Waals surface area contributed by atoms with Crippen molar-refractivity contribution in [2.45, 2.75) is 20.3 Å². The highest BCUT2D eigenvalue weighted by atomic mass is 19.1. The van der Waals surface area contributed by atoms with Crippen molar-refractivity contribution in [1.82, 2.24) is 15.1 Å². The number of amides is 2. The Labute approximate surface area is 180 Å². The number of aromatic nitrogens is 2. The molecule has 1 aliphatic rings. The minimum atomic E-state index is -0.598. The summed E-state index contributed by atoms with van der Waals surface area (Å²) in [5, 5.41) is 8.17. The number of hydrogen-bond acceptors (Lipinski definition) is 4. The first-order valence-electron chi connectivity index (χ1n) is 10.1. The van der Waals surface area contributed by atoms with E-state index in [1.807, 2.05) is 44.2 Å². The Kier molecular flexibility index (Phi) is 5.75. The lowest BCUT2D eigenvalue weighted by Crippen LogP contribution is -2.52. The summed E-state index contributed by atoms with van der Waals surface area (Å²) in [7, 11) is 0. The number of para-hydroxylation sites is 1. The molecule has 0 atom stereocenters. The van der Waals surface area contributed by atoms with Gasteiger partial charge >= 0.3 is 0 Å². The lowest BCUT2D eigenvalue weighted by molar-refractivity contribution is -0.120. The molecule has 2 heterocycles. The fourth-order valence-electron chi connectivity index (χ4n) is 3.69. The van der Waals surface area contributed by atoms with Gasteiger partial charge < -0.3 is 9.80 Å². The third-order valence-electron chi connectivity index (χ3n) is 5.66. The number of nitrogens with zero attached hydrogens (tertiary/aromatic N) is 4. The molecular formula is C24H23FN4O2. The maximum atomic E-state index is 14.5. The first kappa shape index (κ1) is 20.7. The minimum absolute atomic E-state index is 0.0308. The molecule has 0 bridgehead atoms. The lowest BCUT2D eigenvalue weighted by Gasteiger charge is -2.34. The zero-order valence-electron chi connectivity index (χ0n) is 17.5. The van der Waals surface area contributed by atoms with Crippen molar-refractivity contribution in [3.05, 3.63) is 88.5 Å². The molecule has 3 aromatic rings. The van der Waals surface area contributed by atoms with Gasteiger partial charge in [0.05, 0.1) is 17.5 Å². The van der Waals surface area contributed by atoms with Gasteiger partial charge in [-0.2, -0.15) is 10.2 Å². The van der Waals surface area contributed by atoms with Crippen LogP contribution in [0.1, 0.15) is 32.7 Å². The summed E-state index contributed by atoms with van der Waals surface area (Å²) < 4.78 is 14.5. The number of piperazine rings is 1. The largest absolute Gasteiger partial charge is 0.327 e. The highest BCUT2D eigenvalue weighted by Gasteiger charge is 2.29. The minimum Gasteiger partial charge on any atom is -0.327 e. The van der Waals surface area contributed by atoms with E-state index in [9.17, 15) is 14.0 Å². The van der Waals surface area contributed by atoms with Crippen LogP contribution in [0.25, 0.3) is 0 Å². The molecule has 158 valence electrons. The number of rotatable bonds is 4. The zero-order chi connectivity index (χ0) is 22.0. The lowest BCUT2D eigenvalue weighted by atomic mass is 10.0. The van der Waals surface area contributed by atoms with E-state index >= 15 is 0 Å². The van der Waals surface area contributed by atoms with E-state index in [4.69, 9.17) is 0 Å². The molecule has 0 spiro atoms. The van der Waals surface area contributed by atoms with Crippen molar-refractivity contribution in [3.8, 4) is 0 Å². The Morgan fingerprint density at radius 1 is 1.10 bits per heavy atom. The zero-order valence-corrected chi connectivity index (χ0v) is 17.5. The Hall–Kier alpha value is -3.61. The molecule has 0 aliphatic carbocycles. The maximum Gasteiger partial charge on any atom is 0.257 e. The van der Waals surface area contributed by atoms with Crippen LogP contribution in [0.15, 0.2) is 54.7 Å². The second-order valence-corrected chi connectivity index (χ2v) is 7.70. The molecule has 0 saturated carbocycles. The van der Waals surface area contributed by atoms with Gasteiger partial charge in [0.1, 0.15) is 12.4 Å². The summed E-state index contributed by atoms with van der Waals surface area (Å²) in [6, 6.07) is 13.8. The van der Waals surface area contributed by atoms with Crippen LogP contribution >= 0.6 is 0 Å². The Morgan fingerprint density at radius 3 is 2.61 bits per heavy atom. The van der Waals surface area contributed by atoms with E-state index in [0.717, 1.165) is 28.1 Å². The third-order valence-corrected chi connectivity index (χ3v) is 5.66. The molecule has 0 N–H and O–H groups in total. The topological polar surface area (TPSA) is 66.4 Å². The molecule has 0 radical (unpaired) electrons. The van der Waals surface area contributed by atoms with Crippen LogP contribution in [0.2, 0.25) is 0 Å². The molecule has 0 unspecified atom stereocenters. The van der Waals surface area contributed by atoms with Gasteiger partial charge in [-0.1, -0.05) is 24.3 Å². The quantitative estimate of drug-likeness (QED) is 0.652. The molecule has 7 heteroatoms. The standard InChI is InChI=1S/C24H23FN4O2/c1-16-14-26-27-22(17(16)2)13-18-8-9-21(25)20(12-18)24(31)28-10-11-29(23(30)15-28)19-6-4-3-5-7-19/h3-9,12,14H,10-11,13,15H2,1-2H3. The Balaban J connectivity index is 1.52. The van der Waals surface area contributed by atoms with E-state index in [2.05, 4.69) is 10.2 Å². The van der Waals surface area contributed by atoms with Gasteiger partial charge in [-0.3, -0.25) is 9.59 Å². The molecule has 1 aliphatic heterocycles. The van der Waals surface area contributed by atoms with E-state index in [-0.39, 0.29) is 18.0 Å². The summed E-state index contributed by atoms with van der Waals surface area (Å²) in [5.41, 5.74) is 4.37. The number of hydrogen-bond donors (Lipinski definition) is 0. The molecule has 2 aromatic carbocycles. The predicted molar refractivity (Wildman–Crippen MR) is 115 cm³/mol. The summed E-state index contributed by atoms with van der Waals surface area (Å²) in [4.78, 5) is 28.7. The highest BCUT2D eigenvalue weighted by Crippen LogP contribution is 2.21. The number of aryl methyl sites for hydroxylation is 1. The van der Waals surface area contributed by atoms with Gasteiger partial charge in [-0.25, -0.2) is 4.39 Å². The normalized spacial score (nSPS) is 14.1. The average Bonchev–Trinajstić information content (AvgIpc) is 2.78.